The number of amides is 2. The predicted molar refractivity (Wildman–Crippen MR) is 110 cm³/mol. The zero-order valence-corrected chi connectivity index (χ0v) is 16.2. The van der Waals surface area contributed by atoms with Gasteiger partial charge in [-0.2, -0.15) is 5.10 Å². The van der Waals surface area contributed by atoms with Gasteiger partial charge in [0.25, 0.3) is 5.91 Å². The Labute approximate surface area is 164 Å². The van der Waals surface area contributed by atoms with Gasteiger partial charge in [-0.3, -0.25) is 9.59 Å². The molecule has 0 aliphatic carbocycles. The van der Waals surface area contributed by atoms with Crippen LogP contribution in [0.5, 0.6) is 0 Å². The van der Waals surface area contributed by atoms with E-state index in [1.807, 2.05) is 43.3 Å². The lowest BCUT2D eigenvalue weighted by Gasteiger charge is -2.11. The van der Waals surface area contributed by atoms with Crippen molar-refractivity contribution >= 4 is 35.3 Å². The molecule has 0 fully saturated rings. The first-order valence-electron chi connectivity index (χ1n) is 8.59. The monoisotopic (exact) mass is 386 g/mol. The highest BCUT2D eigenvalue weighted by molar-refractivity contribution is 6.33. The second kappa shape index (κ2) is 10.3. The second-order valence-electron chi connectivity index (χ2n) is 6.12. The second-order valence-corrected chi connectivity index (χ2v) is 6.53. The minimum absolute atomic E-state index is 0.205. The van der Waals surface area contributed by atoms with Crippen LogP contribution >= 0.6 is 11.6 Å². The van der Waals surface area contributed by atoms with Crippen molar-refractivity contribution in [2.45, 2.75) is 12.8 Å². The molecule has 2 amide bonds. The average Bonchev–Trinajstić information content (AvgIpc) is 2.66. The molecule has 0 spiro atoms. The van der Waals surface area contributed by atoms with Crippen LogP contribution in [0.15, 0.2) is 53.6 Å². The lowest BCUT2D eigenvalue weighted by atomic mass is 10.2. The van der Waals surface area contributed by atoms with Gasteiger partial charge in [0.1, 0.15) is 0 Å². The van der Waals surface area contributed by atoms with Crippen molar-refractivity contribution < 1.29 is 9.59 Å². The first kappa shape index (κ1) is 20.5. The van der Waals surface area contributed by atoms with Gasteiger partial charge in [0.2, 0.25) is 5.91 Å². The van der Waals surface area contributed by atoms with E-state index in [2.05, 4.69) is 15.8 Å². The summed E-state index contributed by atoms with van der Waals surface area (Å²) in [6, 6.07) is 14.6. The van der Waals surface area contributed by atoms with Gasteiger partial charge in [-0.25, -0.2) is 5.43 Å². The van der Waals surface area contributed by atoms with E-state index in [0.717, 1.165) is 11.3 Å². The van der Waals surface area contributed by atoms with Gasteiger partial charge < -0.3 is 10.2 Å². The Morgan fingerprint density at radius 2 is 1.81 bits per heavy atom. The highest BCUT2D eigenvalue weighted by atomic mass is 35.5. The molecule has 0 heterocycles. The third kappa shape index (κ3) is 6.75. The van der Waals surface area contributed by atoms with E-state index in [-0.39, 0.29) is 18.2 Å². The average molecular weight is 387 g/mol. The summed E-state index contributed by atoms with van der Waals surface area (Å²) >= 11 is 5.97. The van der Waals surface area contributed by atoms with Gasteiger partial charge in [-0.15, -0.1) is 0 Å². The van der Waals surface area contributed by atoms with Crippen LogP contribution in [0.3, 0.4) is 0 Å². The maximum Gasteiger partial charge on any atom is 0.252 e. The summed E-state index contributed by atoms with van der Waals surface area (Å²) in [7, 11) is 3.94. The number of hydrazone groups is 1. The van der Waals surface area contributed by atoms with Gasteiger partial charge in [0.05, 0.1) is 16.8 Å². The molecule has 0 saturated carbocycles. The molecule has 2 rings (SSSR count). The minimum atomic E-state index is -0.250. The fourth-order valence-electron chi connectivity index (χ4n) is 2.28. The van der Waals surface area contributed by atoms with Crippen molar-refractivity contribution in [3.63, 3.8) is 0 Å². The molecule has 0 unspecified atom stereocenters. The number of carbonyl (C=O) groups excluding carboxylic acids is 2. The molecule has 0 bridgehead atoms. The first-order chi connectivity index (χ1) is 13.0. The molecule has 2 aromatic carbocycles. The molecule has 142 valence electrons. The van der Waals surface area contributed by atoms with Crippen LogP contribution in [0.4, 0.5) is 5.69 Å². The lowest BCUT2D eigenvalue weighted by molar-refractivity contribution is -0.121. The molecule has 2 N–H and O–H groups in total. The van der Waals surface area contributed by atoms with E-state index in [1.165, 1.54) is 0 Å². The third-order valence-corrected chi connectivity index (χ3v) is 4.13. The summed E-state index contributed by atoms with van der Waals surface area (Å²) in [4.78, 5) is 25.8. The van der Waals surface area contributed by atoms with Crippen LogP contribution < -0.4 is 15.6 Å². The highest BCUT2D eigenvalue weighted by Crippen LogP contribution is 2.14. The molecular weight excluding hydrogens is 364 g/mol. The van der Waals surface area contributed by atoms with Crippen LogP contribution in [0.1, 0.15) is 28.8 Å². The van der Waals surface area contributed by atoms with Crippen molar-refractivity contribution in [2.24, 2.45) is 5.10 Å². The fraction of sp³-hybridized carbons (Fsp3) is 0.250. The minimum Gasteiger partial charge on any atom is -0.378 e. The summed E-state index contributed by atoms with van der Waals surface area (Å²) in [5, 5.41) is 7.10. The molecule has 0 saturated heterocycles. The number of nitrogens with one attached hydrogen (secondary N) is 2. The summed E-state index contributed by atoms with van der Waals surface area (Å²) < 4.78 is 0. The normalized spacial score (nSPS) is 10.6. The molecule has 6 nitrogen and oxygen atoms in total. The standard InChI is InChI=1S/C20H23ClN4O2/c1-25(2)16-11-9-15(10-12-16)14-23-24-19(26)8-5-13-22-20(27)17-6-3-4-7-18(17)21/h3-4,6-7,9-12,14H,5,8,13H2,1-2H3,(H,22,27)(H,24,26)/b23-14+. The van der Waals surface area contributed by atoms with Crippen molar-refractivity contribution in [3.8, 4) is 0 Å². The molecule has 0 atom stereocenters. The Kier molecular flexibility index (Phi) is 7.82. The van der Waals surface area contributed by atoms with Gasteiger partial charge in [-0.05, 0) is 36.2 Å². The Morgan fingerprint density at radius 3 is 2.48 bits per heavy atom. The molecule has 0 aliphatic rings. The highest BCUT2D eigenvalue weighted by Gasteiger charge is 2.08. The number of anilines is 1. The van der Waals surface area contributed by atoms with E-state index in [1.54, 1.807) is 30.5 Å². The summed E-state index contributed by atoms with van der Waals surface area (Å²) in [6.07, 6.45) is 2.37. The predicted octanol–water partition coefficient (Wildman–Crippen LogP) is 3.07. The van der Waals surface area contributed by atoms with E-state index in [0.29, 0.717) is 23.6 Å². The number of halogens is 1. The molecule has 0 aliphatic heterocycles. The molecule has 7 heteroatoms. The molecule has 0 radical (unpaired) electrons. The van der Waals surface area contributed by atoms with Gasteiger partial charge in [0.15, 0.2) is 0 Å². The van der Waals surface area contributed by atoms with E-state index in [9.17, 15) is 9.59 Å². The number of benzene rings is 2. The number of hydrogen-bond donors (Lipinski definition) is 2. The van der Waals surface area contributed by atoms with Crippen molar-refractivity contribution in [1.29, 1.82) is 0 Å². The Hall–Kier alpha value is -2.86. The van der Waals surface area contributed by atoms with Crippen LogP contribution in [-0.2, 0) is 4.79 Å². The number of hydrogen-bond acceptors (Lipinski definition) is 4. The van der Waals surface area contributed by atoms with E-state index >= 15 is 0 Å². The maximum atomic E-state index is 12.0. The largest absolute Gasteiger partial charge is 0.378 e. The van der Waals surface area contributed by atoms with Crippen molar-refractivity contribution in [3.05, 3.63) is 64.7 Å². The third-order valence-electron chi connectivity index (χ3n) is 3.80. The van der Waals surface area contributed by atoms with Gasteiger partial charge in [0, 0.05) is 32.7 Å². The van der Waals surface area contributed by atoms with Crippen LogP contribution in [0, 0.1) is 0 Å². The smallest absolute Gasteiger partial charge is 0.252 e. The summed E-state index contributed by atoms with van der Waals surface area (Å²) in [6.45, 7) is 0.382. The summed E-state index contributed by atoms with van der Waals surface area (Å²) in [5.41, 5.74) is 4.90. The number of carbonyl (C=O) groups is 2. The fourth-order valence-corrected chi connectivity index (χ4v) is 2.51. The summed E-state index contributed by atoms with van der Waals surface area (Å²) in [5.74, 6) is -0.455. The molecule has 2 aromatic rings. The van der Waals surface area contributed by atoms with Crippen LogP contribution in [0.25, 0.3) is 0 Å². The van der Waals surface area contributed by atoms with E-state index < -0.39 is 0 Å². The van der Waals surface area contributed by atoms with Gasteiger partial charge in [-0.1, -0.05) is 35.9 Å². The first-order valence-corrected chi connectivity index (χ1v) is 8.97. The zero-order chi connectivity index (χ0) is 19.6. The Bertz CT molecular complexity index is 804. The van der Waals surface area contributed by atoms with Gasteiger partial charge >= 0.3 is 0 Å². The number of rotatable bonds is 8. The number of nitrogens with zero attached hydrogens (tertiary/aromatic N) is 2. The SMILES string of the molecule is CN(C)c1ccc(/C=N/NC(=O)CCCNC(=O)c2ccccc2Cl)cc1. The Balaban J connectivity index is 1.67. The quantitative estimate of drug-likeness (QED) is 0.416. The molecular formula is C20H23ClN4O2. The molecule has 0 aromatic heterocycles. The lowest BCUT2D eigenvalue weighted by Crippen LogP contribution is -2.26. The van der Waals surface area contributed by atoms with Crippen molar-refractivity contribution in [2.75, 3.05) is 25.5 Å². The molecule has 27 heavy (non-hydrogen) atoms. The van der Waals surface area contributed by atoms with Crippen LogP contribution in [0.2, 0.25) is 5.02 Å². The Morgan fingerprint density at radius 1 is 1.11 bits per heavy atom. The maximum absolute atomic E-state index is 12.0. The topological polar surface area (TPSA) is 73.8 Å². The van der Waals surface area contributed by atoms with E-state index in [4.69, 9.17) is 11.6 Å². The van der Waals surface area contributed by atoms with Crippen molar-refractivity contribution in [1.82, 2.24) is 10.7 Å². The van der Waals surface area contributed by atoms with Crippen LogP contribution in [-0.4, -0.2) is 38.7 Å². The zero-order valence-electron chi connectivity index (χ0n) is 15.4.